The lowest BCUT2D eigenvalue weighted by molar-refractivity contribution is 1.59. The summed E-state index contributed by atoms with van der Waals surface area (Å²) >= 11 is 0. The molecule has 0 aromatic carbocycles. The lowest BCUT2D eigenvalue weighted by Gasteiger charge is -1.96. The highest BCUT2D eigenvalue weighted by molar-refractivity contribution is 5.44. The molecule has 0 nitrogen and oxygen atoms in total. The first-order valence-electron chi connectivity index (χ1n) is 3.03. The van der Waals surface area contributed by atoms with Crippen molar-refractivity contribution in [3.63, 3.8) is 0 Å². The maximum absolute atomic E-state index is 3.76. The van der Waals surface area contributed by atoms with Crippen molar-refractivity contribution in [1.82, 2.24) is 0 Å². The summed E-state index contributed by atoms with van der Waals surface area (Å²) in [5, 5.41) is 0. The van der Waals surface area contributed by atoms with Crippen LogP contribution >= 0.6 is 0 Å². The van der Waals surface area contributed by atoms with Gasteiger partial charge in [0.2, 0.25) is 0 Å². The molecule has 0 aliphatic rings. The summed E-state index contributed by atoms with van der Waals surface area (Å²) in [5.74, 6) is 0. The fraction of sp³-hybridized carbons (Fsp3) is 0. The van der Waals surface area contributed by atoms with Crippen LogP contribution in [0.25, 0.3) is 0 Å². The summed E-state index contributed by atoms with van der Waals surface area (Å²) in [6.45, 7) is 14.5. The zero-order chi connectivity index (χ0) is 7.98. The van der Waals surface area contributed by atoms with Crippen LogP contribution in [0.15, 0.2) is 61.8 Å². The minimum Gasteiger partial charge on any atom is -0.0990 e. The summed E-state index contributed by atoms with van der Waals surface area (Å²) < 4.78 is 0. The van der Waals surface area contributed by atoms with Gasteiger partial charge in [-0.3, -0.25) is 0 Å². The van der Waals surface area contributed by atoms with Gasteiger partial charge in [-0.25, -0.2) is 0 Å². The van der Waals surface area contributed by atoms with Crippen molar-refractivity contribution in [2.75, 3.05) is 0 Å². The number of rotatable bonds is 4. The number of hydrogen-bond donors (Lipinski definition) is 0. The van der Waals surface area contributed by atoms with Gasteiger partial charge in [-0.15, -0.1) is 0 Å². The highest BCUT2D eigenvalue weighted by atomic mass is 13.9. The predicted octanol–water partition coefficient (Wildman–Crippen LogP) is 3.03. The molecule has 0 saturated heterocycles. The molecule has 0 amide bonds. The van der Waals surface area contributed by atoms with Crippen LogP contribution in [0, 0.1) is 0 Å². The van der Waals surface area contributed by atoms with Crippen LogP contribution in [0.4, 0.5) is 0 Å². The van der Waals surface area contributed by atoms with Crippen molar-refractivity contribution < 1.29 is 0 Å². The molecule has 0 aromatic heterocycles. The minimum atomic E-state index is 0.870. The van der Waals surface area contributed by atoms with Gasteiger partial charge in [-0.2, -0.15) is 0 Å². The van der Waals surface area contributed by atoms with Gasteiger partial charge >= 0.3 is 0 Å². The van der Waals surface area contributed by atoms with Gasteiger partial charge in [-0.1, -0.05) is 50.6 Å². The zero-order valence-electron chi connectivity index (χ0n) is 6.14. The van der Waals surface area contributed by atoms with Crippen molar-refractivity contribution in [3.8, 4) is 0 Å². The maximum Gasteiger partial charge on any atom is -0.0196 e. The Morgan fingerprint density at radius 3 is 1.90 bits per heavy atom. The standard InChI is InChI=1S/C10H12/c1-5-8-10(7-3)9(4)6-2/h5-8H,1-4H2/b10-8-. The van der Waals surface area contributed by atoms with Gasteiger partial charge < -0.3 is 0 Å². The Morgan fingerprint density at radius 1 is 1.00 bits per heavy atom. The van der Waals surface area contributed by atoms with Crippen molar-refractivity contribution >= 4 is 0 Å². The largest absolute Gasteiger partial charge is 0.0990 e. The van der Waals surface area contributed by atoms with E-state index < -0.39 is 0 Å². The van der Waals surface area contributed by atoms with Crippen molar-refractivity contribution in [3.05, 3.63) is 61.8 Å². The molecule has 10 heavy (non-hydrogen) atoms. The molecule has 0 N–H and O–H groups in total. The minimum absolute atomic E-state index is 0.870. The molecule has 0 atom stereocenters. The lowest BCUT2D eigenvalue weighted by atomic mass is 10.1. The van der Waals surface area contributed by atoms with Gasteiger partial charge in [0.05, 0.1) is 0 Å². The van der Waals surface area contributed by atoms with Crippen LogP contribution in [0.3, 0.4) is 0 Å². The molecule has 0 fully saturated rings. The Morgan fingerprint density at radius 2 is 1.60 bits per heavy atom. The van der Waals surface area contributed by atoms with Crippen molar-refractivity contribution in [2.45, 2.75) is 0 Å². The monoisotopic (exact) mass is 132 g/mol. The first-order chi connectivity index (χ1) is 4.76. The summed E-state index contributed by atoms with van der Waals surface area (Å²) in [7, 11) is 0. The average molecular weight is 132 g/mol. The Kier molecular flexibility index (Phi) is 3.97. The van der Waals surface area contributed by atoms with Gasteiger partial charge in [0.25, 0.3) is 0 Å². The zero-order valence-corrected chi connectivity index (χ0v) is 6.14. The van der Waals surface area contributed by atoms with E-state index in [1.807, 2.05) is 6.08 Å². The third-order valence-corrected chi connectivity index (χ3v) is 1.13. The maximum atomic E-state index is 3.76. The third-order valence-electron chi connectivity index (χ3n) is 1.13. The molecule has 0 heterocycles. The molecule has 0 rings (SSSR count). The first kappa shape index (κ1) is 8.70. The molecule has 0 bridgehead atoms. The molecular weight excluding hydrogens is 120 g/mol. The lowest BCUT2D eigenvalue weighted by Crippen LogP contribution is -1.77. The number of hydrogen-bond acceptors (Lipinski definition) is 0. The van der Waals surface area contributed by atoms with Crippen LogP contribution < -0.4 is 0 Å². The molecular formula is C10H12. The second-order valence-corrected chi connectivity index (χ2v) is 1.79. The van der Waals surface area contributed by atoms with Crippen LogP contribution in [-0.2, 0) is 0 Å². The van der Waals surface area contributed by atoms with Crippen LogP contribution in [0.2, 0.25) is 0 Å². The van der Waals surface area contributed by atoms with E-state index in [4.69, 9.17) is 0 Å². The van der Waals surface area contributed by atoms with E-state index >= 15 is 0 Å². The summed E-state index contributed by atoms with van der Waals surface area (Å²) in [5.41, 5.74) is 1.83. The third kappa shape index (κ3) is 2.31. The van der Waals surface area contributed by atoms with E-state index in [1.54, 1.807) is 18.2 Å². The first-order valence-corrected chi connectivity index (χ1v) is 3.03. The van der Waals surface area contributed by atoms with Gasteiger partial charge in [-0.05, 0) is 11.1 Å². The Labute approximate surface area is 62.6 Å². The molecule has 0 saturated carbocycles. The van der Waals surface area contributed by atoms with Crippen molar-refractivity contribution in [1.29, 1.82) is 0 Å². The fourth-order valence-electron chi connectivity index (χ4n) is 0.551. The smallest absolute Gasteiger partial charge is 0.0196 e. The fourth-order valence-corrected chi connectivity index (χ4v) is 0.551. The van der Waals surface area contributed by atoms with E-state index in [0.29, 0.717) is 0 Å². The SMILES string of the molecule is C=C/C=C(/C=C)C(=C)C=C. The van der Waals surface area contributed by atoms with E-state index in [9.17, 15) is 0 Å². The second kappa shape index (κ2) is 4.57. The molecule has 0 radical (unpaired) electrons. The normalized spacial score (nSPS) is 10.2. The van der Waals surface area contributed by atoms with Gasteiger partial charge in [0.15, 0.2) is 0 Å². The highest BCUT2D eigenvalue weighted by Gasteiger charge is 1.89. The summed E-state index contributed by atoms with van der Waals surface area (Å²) in [4.78, 5) is 0. The van der Waals surface area contributed by atoms with E-state index in [1.165, 1.54) is 0 Å². The second-order valence-electron chi connectivity index (χ2n) is 1.79. The van der Waals surface area contributed by atoms with E-state index in [2.05, 4.69) is 26.3 Å². The molecule has 0 aliphatic carbocycles. The molecule has 0 heteroatoms. The Hall–Kier alpha value is -1.30. The average Bonchev–Trinajstić information content (AvgIpc) is 1.99. The Bertz CT molecular complexity index is 192. The summed E-state index contributed by atoms with van der Waals surface area (Å²) in [6.07, 6.45) is 6.96. The summed E-state index contributed by atoms with van der Waals surface area (Å²) in [6, 6.07) is 0. The van der Waals surface area contributed by atoms with E-state index in [-0.39, 0.29) is 0 Å². The Balaban J connectivity index is 4.49. The molecule has 0 aliphatic heterocycles. The molecule has 0 spiro atoms. The number of allylic oxidation sites excluding steroid dienone is 6. The molecule has 0 unspecified atom stereocenters. The predicted molar refractivity (Wildman–Crippen MR) is 47.8 cm³/mol. The quantitative estimate of drug-likeness (QED) is 0.516. The van der Waals surface area contributed by atoms with Crippen LogP contribution in [0.5, 0.6) is 0 Å². The topological polar surface area (TPSA) is 0 Å². The van der Waals surface area contributed by atoms with E-state index in [0.717, 1.165) is 11.1 Å². The van der Waals surface area contributed by atoms with Crippen LogP contribution in [0.1, 0.15) is 0 Å². The van der Waals surface area contributed by atoms with Gasteiger partial charge in [0.1, 0.15) is 0 Å². The van der Waals surface area contributed by atoms with Gasteiger partial charge in [0, 0.05) is 0 Å². The molecule has 0 aromatic rings. The van der Waals surface area contributed by atoms with Crippen molar-refractivity contribution in [2.24, 2.45) is 0 Å². The van der Waals surface area contributed by atoms with Crippen LogP contribution in [-0.4, -0.2) is 0 Å². The molecule has 52 valence electrons. The highest BCUT2D eigenvalue weighted by Crippen LogP contribution is 2.08.